The van der Waals surface area contributed by atoms with Crippen molar-refractivity contribution in [1.82, 2.24) is 19.1 Å². The molecule has 1 atom stereocenters. The van der Waals surface area contributed by atoms with E-state index in [1.54, 1.807) is 75.8 Å². The van der Waals surface area contributed by atoms with Crippen LogP contribution < -0.4 is 21.1 Å². The molecule has 5 rings (SSSR count). The molecule has 226 valence electrons. The van der Waals surface area contributed by atoms with Crippen LogP contribution in [0.3, 0.4) is 0 Å². The molecular weight excluding hydrogens is 562 g/mol. The van der Waals surface area contributed by atoms with Crippen LogP contribution in [0, 0.1) is 0 Å². The Hall–Kier alpha value is -5.30. The zero-order valence-corrected chi connectivity index (χ0v) is 24.7. The number of likely N-dealkylation sites (N-methyl/N-ethyl adjacent to an activating group) is 2. The number of hydrogen-bond acceptors (Lipinski definition) is 8. The van der Waals surface area contributed by atoms with Gasteiger partial charge in [0.2, 0.25) is 0 Å². The molecule has 12 heteroatoms. The highest BCUT2D eigenvalue weighted by molar-refractivity contribution is 6.01. The molecule has 0 fully saturated rings. The molecule has 0 aliphatic rings. The number of anilines is 2. The quantitative estimate of drug-likeness (QED) is 0.133. The van der Waals surface area contributed by atoms with E-state index in [9.17, 15) is 14.8 Å². The minimum absolute atomic E-state index is 0.142. The lowest BCUT2D eigenvalue weighted by Crippen LogP contribution is -2.43. The number of ether oxygens (including phenoxy) is 2. The molecule has 44 heavy (non-hydrogen) atoms. The first-order valence-electron chi connectivity index (χ1n) is 13.9. The van der Waals surface area contributed by atoms with Crippen LogP contribution in [0.15, 0.2) is 102 Å². The third-order valence-corrected chi connectivity index (χ3v) is 7.07. The molecule has 1 amide bonds. The molecule has 3 N–H and O–H groups in total. The lowest BCUT2D eigenvalue weighted by atomic mass is 10.2. The number of methoxy groups -OCH3 is 1. The van der Waals surface area contributed by atoms with Crippen molar-refractivity contribution in [3.8, 4) is 22.9 Å². The minimum atomic E-state index is -0.411. The monoisotopic (exact) mass is 596 g/mol. The molecule has 0 aliphatic carbocycles. The van der Waals surface area contributed by atoms with E-state index in [0.29, 0.717) is 52.9 Å². The Labute approximate surface area is 254 Å². The summed E-state index contributed by atoms with van der Waals surface area (Å²) in [5.41, 5.74) is 8.12. The number of amides is 1. The van der Waals surface area contributed by atoms with Crippen LogP contribution in [0.5, 0.6) is 11.5 Å². The van der Waals surface area contributed by atoms with Crippen LogP contribution >= 0.6 is 0 Å². The summed E-state index contributed by atoms with van der Waals surface area (Å²) in [6.45, 7) is 1.01. The van der Waals surface area contributed by atoms with Crippen LogP contribution in [0.1, 0.15) is 0 Å². The van der Waals surface area contributed by atoms with E-state index in [1.165, 1.54) is 26.4 Å². The van der Waals surface area contributed by atoms with Gasteiger partial charge in [-0.05, 0) is 60.7 Å². The second-order valence-corrected chi connectivity index (χ2v) is 10.4. The number of fused-ring (bicyclic) bond motifs is 1. The number of para-hydroxylation sites is 1. The Morgan fingerprint density at radius 3 is 2.45 bits per heavy atom. The van der Waals surface area contributed by atoms with Crippen LogP contribution in [-0.2, 0) is 9.53 Å². The summed E-state index contributed by atoms with van der Waals surface area (Å²) in [6, 6.07) is 23.4. The van der Waals surface area contributed by atoms with Crippen molar-refractivity contribution >= 4 is 28.6 Å². The number of hydrogen-bond donors (Lipinski definition) is 2. The summed E-state index contributed by atoms with van der Waals surface area (Å²) in [4.78, 5) is 36.9. The number of carbonyl (C=O) groups excluding carboxylic acids is 1. The van der Waals surface area contributed by atoms with Gasteiger partial charge in [-0.25, -0.2) is 24.5 Å². The summed E-state index contributed by atoms with van der Waals surface area (Å²) in [5, 5.41) is 10.4. The van der Waals surface area contributed by atoms with Crippen LogP contribution in [-0.4, -0.2) is 75.8 Å². The Balaban J connectivity index is 1.46. The van der Waals surface area contributed by atoms with Crippen LogP contribution in [0.2, 0.25) is 0 Å². The van der Waals surface area contributed by atoms with Gasteiger partial charge >= 0.3 is 5.69 Å². The SMILES string of the molecule is COCC[N+](C)(O)C/C=C/C(=O)N(C)c1cccc(-n2c(=O)n(-c3ccc(Oc4ccccc4)cc3)c3c(N)ncnc32)c1. The Kier molecular flexibility index (Phi) is 8.86. The van der Waals surface area contributed by atoms with Gasteiger partial charge in [0, 0.05) is 25.9 Å². The average molecular weight is 597 g/mol. The number of nitrogens with two attached hydrogens (primary N) is 1. The van der Waals surface area contributed by atoms with Gasteiger partial charge in [-0.15, -0.1) is 0 Å². The van der Waals surface area contributed by atoms with Crippen molar-refractivity contribution in [2.75, 3.05) is 51.5 Å². The lowest BCUT2D eigenvalue weighted by Gasteiger charge is -2.23. The first-order chi connectivity index (χ1) is 21.2. The molecular formula is C32H34N7O5+. The molecule has 0 aliphatic heterocycles. The minimum Gasteiger partial charge on any atom is -0.457 e. The molecule has 12 nitrogen and oxygen atoms in total. The van der Waals surface area contributed by atoms with E-state index in [0.717, 1.165) is 0 Å². The number of quaternary nitrogens is 1. The zero-order valence-electron chi connectivity index (χ0n) is 24.7. The number of hydroxylamine groups is 3. The maximum atomic E-state index is 14.0. The molecule has 0 bridgehead atoms. The van der Waals surface area contributed by atoms with Crippen molar-refractivity contribution in [1.29, 1.82) is 0 Å². The lowest BCUT2D eigenvalue weighted by molar-refractivity contribution is -1.08. The van der Waals surface area contributed by atoms with E-state index in [-0.39, 0.29) is 22.9 Å². The van der Waals surface area contributed by atoms with Crippen molar-refractivity contribution in [2.45, 2.75) is 0 Å². The van der Waals surface area contributed by atoms with E-state index < -0.39 is 5.69 Å². The fourth-order valence-electron chi connectivity index (χ4n) is 4.65. The van der Waals surface area contributed by atoms with Gasteiger partial charge in [0.1, 0.15) is 36.4 Å². The summed E-state index contributed by atoms with van der Waals surface area (Å²) < 4.78 is 13.5. The molecule has 5 aromatic rings. The van der Waals surface area contributed by atoms with Gasteiger partial charge in [-0.2, -0.15) is 4.65 Å². The second kappa shape index (κ2) is 12.9. The highest BCUT2D eigenvalue weighted by Crippen LogP contribution is 2.27. The molecule has 2 heterocycles. The molecule has 0 saturated heterocycles. The number of nitrogen functional groups attached to an aromatic ring is 1. The van der Waals surface area contributed by atoms with E-state index in [1.807, 2.05) is 30.3 Å². The smallest absolute Gasteiger partial charge is 0.339 e. The highest BCUT2D eigenvalue weighted by atomic mass is 16.5. The van der Waals surface area contributed by atoms with Crippen molar-refractivity contribution in [2.24, 2.45) is 0 Å². The molecule has 0 spiro atoms. The van der Waals surface area contributed by atoms with Crippen molar-refractivity contribution < 1.29 is 24.1 Å². The standard InChI is InChI=1S/C32H34N7O5/c1-36(28(40)13-8-18-39(2,42)19-20-43-3)24-9-7-10-25(21-24)38-31-29(30(33)34-22-35-31)37(32(38)41)23-14-16-27(17-15-23)44-26-11-5-4-6-12-26/h4-17,21-22,42H,18-20H2,1-3H3,(H2,33,34,35)/q+1/b13-8+. The second-order valence-electron chi connectivity index (χ2n) is 10.4. The van der Waals surface area contributed by atoms with Crippen LogP contribution in [0.4, 0.5) is 11.5 Å². The van der Waals surface area contributed by atoms with E-state index >= 15 is 0 Å². The summed E-state index contributed by atoms with van der Waals surface area (Å²) in [5.74, 6) is 1.14. The zero-order chi connectivity index (χ0) is 31.3. The number of carbonyl (C=O) groups is 1. The normalized spacial score (nSPS) is 12.8. The predicted octanol–water partition coefficient (Wildman–Crippen LogP) is 3.95. The Bertz CT molecular complexity index is 1850. The average Bonchev–Trinajstić information content (AvgIpc) is 3.33. The molecule has 2 aromatic heterocycles. The molecule has 0 saturated carbocycles. The molecule has 3 aromatic carbocycles. The fraction of sp³-hybridized carbons (Fsp3) is 0.188. The van der Waals surface area contributed by atoms with Gasteiger partial charge in [-0.3, -0.25) is 9.36 Å². The van der Waals surface area contributed by atoms with Gasteiger partial charge < -0.3 is 20.1 Å². The Morgan fingerprint density at radius 2 is 1.73 bits per heavy atom. The fourth-order valence-corrected chi connectivity index (χ4v) is 4.65. The first kappa shape index (κ1) is 30.2. The third kappa shape index (κ3) is 6.52. The maximum Gasteiger partial charge on any atom is 0.339 e. The molecule has 0 radical (unpaired) electrons. The Morgan fingerprint density at radius 1 is 1.00 bits per heavy atom. The van der Waals surface area contributed by atoms with Gasteiger partial charge in [0.25, 0.3) is 5.91 Å². The van der Waals surface area contributed by atoms with Crippen LogP contribution in [0.25, 0.3) is 22.5 Å². The number of imidazole rings is 1. The number of aromatic nitrogens is 4. The van der Waals surface area contributed by atoms with Gasteiger partial charge in [-0.1, -0.05) is 24.3 Å². The first-order valence-corrected chi connectivity index (χ1v) is 13.9. The van der Waals surface area contributed by atoms with Crippen molar-refractivity contribution in [3.63, 3.8) is 0 Å². The largest absolute Gasteiger partial charge is 0.457 e. The summed E-state index contributed by atoms with van der Waals surface area (Å²) in [7, 11) is 4.84. The number of rotatable bonds is 11. The van der Waals surface area contributed by atoms with Gasteiger partial charge in [0.15, 0.2) is 11.5 Å². The third-order valence-electron chi connectivity index (χ3n) is 7.07. The van der Waals surface area contributed by atoms with Crippen molar-refractivity contribution in [3.05, 3.63) is 108 Å². The summed E-state index contributed by atoms with van der Waals surface area (Å²) >= 11 is 0. The topological polar surface area (TPSA) is 138 Å². The highest BCUT2D eigenvalue weighted by Gasteiger charge is 2.21. The maximum absolute atomic E-state index is 14.0. The molecule has 1 unspecified atom stereocenters. The number of benzene rings is 3. The summed E-state index contributed by atoms with van der Waals surface area (Å²) in [6.07, 6.45) is 4.33. The van der Waals surface area contributed by atoms with E-state index in [4.69, 9.17) is 15.2 Å². The van der Waals surface area contributed by atoms with E-state index in [2.05, 4.69) is 9.97 Å². The number of nitrogens with zero attached hydrogens (tertiary/aromatic N) is 6. The van der Waals surface area contributed by atoms with Gasteiger partial charge in [0.05, 0.1) is 25.0 Å². The predicted molar refractivity (Wildman–Crippen MR) is 168 cm³/mol.